The minimum absolute atomic E-state index is 0.328. The van der Waals surface area contributed by atoms with Gasteiger partial charge in [-0.3, -0.25) is 0 Å². The predicted molar refractivity (Wildman–Crippen MR) is 57.9 cm³/mol. The molecule has 14 heavy (non-hydrogen) atoms. The number of aliphatic hydroxyl groups is 1. The van der Waals surface area contributed by atoms with E-state index in [1.54, 1.807) is 14.0 Å². The topological polar surface area (TPSA) is 29.5 Å². The molecule has 0 spiro atoms. The summed E-state index contributed by atoms with van der Waals surface area (Å²) in [5, 5.41) is 9.33. The highest BCUT2D eigenvalue weighted by molar-refractivity contribution is 5.45. The third-order valence-electron chi connectivity index (χ3n) is 2.48. The van der Waals surface area contributed by atoms with Crippen LogP contribution in [-0.4, -0.2) is 18.3 Å². The molecule has 0 fully saturated rings. The maximum Gasteiger partial charge on any atom is 0.125 e. The maximum absolute atomic E-state index is 9.33. The first-order valence-electron chi connectivity index (χ1n) is 4.87. The average Bonchev–Trinajstić information content (AvgIpc) is 2.11. The molecule has 0 aliphatic carbocycles. The summed E-state index contributed by atoms with van der Waals surface area (Å²) in [4.78, 5) is 0. The molecule has 1 aromatic rings. The van der Waals surface area contributed by atoms with Crippen LogP contribution in [0.1, 0.15) is 23.6 Å². The second kappa shape index (κ2) is 4.47. The van der Waals surface area contributed by atoms with Crippen LogP contribution in [0.25, 0.3) is 0 Å². The van der Waals surface area contributed by atoms with Crippen LogP contribution in [0.15, 0.2) is 12.1 Å². The summed E-state index contributed by atoms with van der Waals surface area (Å²) in [5.74, 6) is 0.908. The Balaban J connectivity index is 3.10. The molecule has 0 aliphatic heterocycles. The largest absolute Gasteiger partial charge is 0.496 e. The van der Waals surface area contributed by atoms with Crippen molar-refractivity contribution in [3.05, 3.63) is 28.8 Å². The highest BCUT2D eigenvalue weighted by Crippen LogP contribution is 2.26. The van der Waals surface area contributed by atoms with E-state index >= 15 is 0 Å². The van der Waals surface area contributed by atoms with E-state index in [4.69, 9.17) is 4.74 Å². The molecule has 0 amide bonds. The Kier molecular flexibility index (Phi) is 3.53. The number of rotatable bonds is 3. The number of methoxy groups -OCH3 is 1. The van der Waals surface area contributed by atoms with Crippen LogP contribution < -0.4 is 4.74 Å². The minimum atomic E-state index is -0.328. The zero-order chi connectivity index (χ0) is 10.7. The lowest BCUT2D eigenvalue weighted by molar-refractivity contribution is 0.194. The van der Waals surface area contributed by atoms with Crippen LogP contribution in [-0.2, 0) is 6.42 Å². The Morgan fingerprint density at radius 1 is 1.36 bits per heavy atom. The van der Waals surface area contributed by atoms with Crippen molar-refractivity contribution < 1.29 is 9.84 Å². The van der Waals surface area contributed by atoms with Gasteiger partial charge in [0.05, 0.1) is 13.2 Å². The molecule has 1 unspecified atom stereocenters. The van der Waals surface area contributed by atoms with Gasteiger partial charge in [0.25, 0.3) is 0 Å². The van der Waals surface area contributed by atoms with E-state index < -0.39 is 0 Å². The van der Waals surface area contributed by atoms with Gasteiger partial charge in [-0.15, -0.1) is 0 Å². The molecule has 0 bridgehead atoms. The lowest BCUT2D eigenvalue weighted by atomic mass is 10.0. The molecule has 0 saturated heterocycles. The fraction of sp³-hybridized carbons (Fsp3) is 0.500. The third-order valence-corrected chi connectivity index (χ3v) is 2.48. The van der Waals surface area contributed by atoms with Gasteiger partial charge in [-0.25, -0.2) is 0 Å². The molecule has 0 saturated carbocycles. The lowest BCUT2D eigenvalue weighted by Gasteiger charge is -2.14. The monoisotopic (exact) mass is 194 g/mol. The highest BCUT2D eigenvalue weighted by atomic mass is 16.5. The van der Waals surface area contributed by atoms with Crippen molar-refractivity contribution in [1.29, 1.82) is 0 Å². The zero-order valence-electron chi connectivity index (χ0n) is 9.29. The molecule has 1 rings (SSSR count). The zero-order valence-corrected chi connectivity index (χ0v) is 9.29. The van der Waals surface area contributed by atoms with Crippen molar-refractivity contribution in [2.75, 3.05) is 7.11 Å². The second-order valence-corrected chi connectivity index (χ2v) is 3.75. The van der Waals surface area contributed by atoms with Crippen LogP contribution in [0, 0.1) is 13.8 Å². The van der Waals surface area contributed by atoms with E-state index in [-0.39, 0.29) is 6.10 Å². The Hall–Kier alpha value is -1.02. The van der Waals surface area contributed by atoms with Crippen molar-refractivity contribution >= 4 is 0 Å². The Morgan fingerprint density at radius 3 is 2.50 bits per heavy atom. The summed E-state index contributed by atoms with van der Waals surface area (Å²) in [6, 6.07) is 4.09. The summed E-state index contributed by atoms with van der Waals surface area (Å²) in [7, 11) is 1.67. The molecule has 2 nitrogen and oxygen atoms in total. The molecule has 1 aromatic carbocycles. The van der Waals surface area contributed by atoms with Crippen molar-refractivity contribution in [1.82, 2.24) is 0 Å². The molecule has 2 heteroatoms. The smallest absolute Gasteiger partial charge is 0.125 e. The summed E-state index contributed by atoms with van der Waals surface area (Å²) >= 11 is 0. The van der Waals surface area contributed by atoms with Gasteiger partial charge in [0.2, 0.25) is 0 Å². The third kappa shape index (κ3) is 2.26. The van der Waals surface area contributed by atoms with Gasteiger partial charge in [0, 0.05) is 6.42 Å². The number of aliphatic hydroxyl groups excluding tert-OH is 1. The Morgan fingerprint density at radius 2 is 2.00 bits per heavy atom. The van der Waals surface area contributed by atoms with Crippen molar-refractivity contribution in [3.63, 3.8) is 0 Å². The molecule has 0 aliphatic rings. The predicted octanol–water partition coefficient (Wildman–Crippen LogP) is 2.24. The van der Waals surface area contributed by atoms with Gasteiger partial charge in [0.1, 0.15) is 5.75 Å². The molecular formula is C12H18O2. The van der Waals surface area contributed by atoms with Gasteiger partial charge in [0.15, 0.2) is 0 Å². The fourth-order valence-electron chi connectivity index (χ4n) is 1.61. The quantitative estimate of drug-likeness (QED) is 0.799. The summed E-state index contributed by atoms with van der Waals surface area (Å²) in [6.07, 6.45) is 0.315. The molecule has 1 atom stereocenters. The van der Waals surface area contributed by atoms with Gasteiger partial charge in [-0.05, 0) is 37.5 Å². The normalized spacial score (nSPS) is 12.6. The number of benzene rings is 1. The van der Waals surface area contributed by atoms with E-state index in [1.165, 1.54) is 5.56 Å². The van der Waals surface area contributed by atoms with E-state index in [0.29, 0.717) is 6.42 Å². The van der Waals surface area contributed by atoms with E-state index in [9.17, 15) is 5.11 Å². The van der Waals surface area contributed by atoms with Gasteiger partial charge in [-0.1, -0.05) is 12.1 Å². The first-order valence-corrected chi connectivity index (χ1v) is 4.87. The summed E-state index contributed by atoms with van der Waals surface area (Å²) in [6.45, 7) is 5.89. The van der Waals surface area contributed by atoms with Crippen LogP contribution in [0.4, 0.5) is 0 Å². The molecule has 0 aromatic heterocycles. The van der Waals surface area contributed by atoms with E-state index in [2.05, 4.69) is 13.0 Å². The number of hydrogen-bond donors (Lipinski definition) is 1. The Labute approximate surface area is 85.5 Å². The minimum Gasteiger partial charge on any atom is -0.496 e. The van der Waals surface area contributed by atoms with Gasteiger partial charge < -0.3 is 9.84 Å². The van der Waals surface area contributed by atoms with Crippen molar-refractivity contribution in [3.8, 4) is 5.75 Å². The summed E-state index contributed by atoms with van der Waals surface area (Å²) in [5.41, 5.74) is 3.45. The van der Waals surface area contributed by atoms with E-state index in [0.717, 1.165) is 16.9 Å². The van der Waals surface area contributed by atoms with Gasteiger partial charge >= 0.3 is 0 Å². The first kappa shape index (κ1) is 11.1. The molecule has 78 valence electrons. The van der Waals surface area contributed by atoms with Gasteiger partial charge in [-0.2, -0.15) is 0 Å². The standard InChI is InChI=1S/C12H18O2/c1-8-5-6-11(7-9(2)13)12(14-4)10(8)3/h5-6,9,13H,7H2,1-4H3. The van der Waals surface area contributed by atoms with Crippen molar-refractivity contribution in [2.45, 2.75) is 33.3 Å². The second-order valence-electron chi connectivity index (χ2n) is 3.75. The highest BCUT2D eigenvalue weighted by Gasteiger charge is 2.09. The van der Waals surface area contributed by atoms with Crippen molar-refractivity contribution in [2.24, 2.45) is 0 Å². The van der Waals surface area contributed by atoms with Crippen LogP contribution in [0.5, 0.6) is 5.75 Å². The maximum atomic E-state index is 9.33. The first-order chi connectivity index (χ1) is 6.56. The number of aryl methyl sites for hydroxylation is 1. The number of ether oxygens (including phenoxy) is 1. The lowest BCUT2D eigenvalue weighted by Crippen LogP contribution is -2.06. The van der Waals surface area contributed by atoms with Crippen LogP contribution in [0.3, 0.4) is 0 Å². The Bertz CT molecular complexity index is 316. The molecular weight excluding hydrogens is 176 g/mol. The van der Waals surface area contributed by atoms with Crippen LogP contribution in [0.2, 0.25) is 0 Å². The molecule has 1 N–H and O–H groups in total. The SMILES string of the molecule is COc1c(CC(C)O)ccc(C)c1C. The fourth-order valence-corrected chi connectivity index (χ4v) is 1.61. The molecule has 0 heterocycles. The average molecular weight is 194 g/mol. The number of hydrogen-bond acceptors (Lipinski definition) is 2. The van der Waals surface area contributed by atoms with Crippen LogP contribution >= 0.6 is 0 Å². The summed E-state index contributed by atoms with van der Waals surface area (Å²) < 4.78 is 5.35. The van der Waals surface area contributed by atoms with E-state index in [1.807, 2.05) is 13.0 Å². The molecule has 0 radical (unpaired) electrons.